The molecule has 0 aromatic carbocycles. The molecule has 0 bridgehead atoms. The van der Waals surface area contributed by atoms with E-state index in [1.165, 1.54) is 25.7 Å². The van der Waals surface area contributed by atoms with Crippen LogP contribution in [0.2, 0.25) is 0 Å². The smallest absolute Gasteiger partial charge is 0.175 e. The minimum Gasteiger partial charge on any atom is -0.347 e. The van der Waals surface area contributed by atoms with E-state index in [0.717, 1.165) is 32.7 Å². The zero-order valence-electron chi connectivity index (χ0n) is 8.68. The summed E-state index contributed by atoms with van der Waals surface area (Å²) in [5.74, 6) is -0.214. The standard InChI is InChI=1S/C11H19NO2/c1-2-4-11(13-7-8-14-11)10(3-1)5-6-12-9-10/h12H,1-9H2/t10-/m1/s1. The lowest BCUT2D eigenvalue weighted by Crippen LogP contribution is -2.52. The van der Waals surface area contributed by atoms with E-state index in [1.54, 1.807) is 0 Å². The van der Waals surface area contributed by atoms with Gasteiger partial charge in [-0.25, -0.2) is 0 Å². The zero-order valence-corrected chi connectivity index (χ0v) is 8.68. The van der Waals surface area contributed by atoms with Gasteiger partial charge in [0.25, 0.3) is 0 Å². The summed E-state index contributed by atoms with van der Waals surface area (Å²) in [6.07, 6.45) is 6.22. The molecule has 2 saturated heterocycles. The molecule has 80 valence electrons. The SMILES string of the molecule is C1CC[C@]2(CCNC2)C2(C1)OCCO2. The van der Waals surface area contributed by atoms with E-state index in [-0.39, 0.29) is 5.79 Å². The second-order valence-corrected chi connectivity index (χ2v) is 4.86. The molecule has 1 aliphatic carbocycles. The molecule has 3 nitrogen and oxygen atoms in total. The molecule has 3 heteroatoms. The zero-order chi connectivity index (χ0) is 9.49. The molecule has 3 aliphatic rings. The van der Waals surface area contributed by atoms with E-state index in [0.29, 0.717) is 5.41 Å². The normalized spacial score (nSPS) is 41.1. The third-order valence-electron chi connectivity index (χ3n) is 4.22. The maximum Gasteiger partial charge on any atom is 0.175 e. The van der Waals surface area contributed by atoms with Crippen LogP contribution in [0.1, 0.15) is 32.1 Å². The summed E-state index contributed by atoms with van der Waals surface area (Å²) < 4.78 is 11.9. The third-order valence-corrected chi connectivity index (χ3v) is 4.22. The Morgan fingerprint density at radius 3 is 2.43 bits per heavy atom. The molecule has 0 unspecified atom stereocenters. The average molecular weight is 197 g/mol. The van der Waals surface area contributed by atoms with E-state index < -0.39 is 0 Å². The fraction of sp³-hybridized carbons (Fsp3) is 1.00. The molecule has 2 aliphatic heterocycles. The maximum atomic E-state index is 5.96. The molecule has 3 fully saturated rings. The average Bonchev–Trinajstić information content (AvgIpc) is 2.81. The van der Waals surface area contributed by atoms with Crippen LogP contribution in [-0.4, -0.2) is 32.1 Å². The first-order valence-electron chi connectivity index (χ1n) is 5.86. The molecule has 3 rings (SSSR count). The summed E-state index contributed by atoms with van der Waals surface area (Å²) in [6.45, 7) is 3.81. The largest absolute Gasteiger partial charge is 0.347 e. The highest BCUT2D eigenvalue weighted by Crippen LogP contribution is 2.52. The lowest BCUT2D eigenvalue weighted by molar-refractivity contribution is -0.250. The Labute approximate surface area is 85.1 Å². The van der Waals surface area contributed by atoms with Crippen molar-refractivity contribution in [2.75, 3.05) is 26.3 Å². The second kappa shape index (κ2) is 3.19. The van der Waals surface area contributed by atoms with Gasteiger partial charge in [-0.1, -0.05) is 6.42 Å². The summed E-state index contributed by atoms with van der Waals surface area (Å²) in [7, 11) is 0. The van der Waals surface area contributed by atoms with Gasteiger partial charge in [0.05, 0.1) is 13.2 Å². The van der Waals surface area contributed by atoms with Crippen LogP contribution >= 0.6 is 0 Å². The van der Waals surface area contributed by atoms with Gasteiger partial charge in [0, 0.05) is 18.4 Å². The summed E-state index contributed by atoms with van der Waals surface area (Å²) >= 11 is 0. The Bertz CT molecular complexity index is 193. The van der Waals surface area contributed by atoms with Crippen molar-refractivity contribution in [2.24, 2.45) is 5.41 Å². The first-order valence-corrected chi connectivity index (χ1v) is 5.86. The maximum absolute atomic E-state index is 5.96. The molecule has 2 spiro atoms. The fourth-order valence-corrected chi connectivity index (χ4v) is 3.46. The Hall–Kier alpha value is -0.120. The number of hydrogen-bond acceptors (Lipinski definition) is 3. The van der Waals surface area contributed by atoms with E-state index in [4.69, 9.17) is 9.47 Å². The minimum atomic E-state index is -0.214. The van der Waals surface area contributed by atoms with Gasteiger partial charge in [0.1, 0.15) is 0 Å². The van der Waals surface area contributed by atoms with Gasteiger partial charge in [-0.3, -0.25) is 0 Å². The van der Waals surface area contributed by atoms with E-state index in [1.807, 2.05) is 0 Å². The molecular weight excluding hydrogens is 178 g/mol. The van der Waals surface area contributed by atoms with Crippen molar-refractivity contribution >= 4 is 0 Å². The van der Waals surface area contributed by atoms with Crippen molar-refractivity contribution in [3.63, 3.8) is 0 Å². The van der Waals surface area contributed by atoms with Crippen LogP contribution in [0.4, 0.5) is 0 Å². The Balaban J connectivity index is 1.91. The van der Waals surface area contributed by atoms with Crippen LogP contribution in [0.15, 0.2) is 0 Å². The molecule has 0 amide bonds. The number of rotatable bonds is 0. The van der Waals surface area contributed by atoms with Gasteiger partial charge < -0.3 is 14.8 Å². The van der Waals surface area contributed by atoms with Crippen molar-refractivity contribution in [2.45, 2.75) is 37.9 Å². The second-order valence-electron chi connectivity index (χ2n) is 4.86. The lowest BCUT2D eigenvalue weighted by Gasteiger charge is -2.47. The van der Waals surface area contributed by atoms with E-state index in [2.05, 4.69) is 5.32 Å². The third kappa shape index (κ3) is 1.09. The summed E-state index contributed by atoms with van der Waals surface area (Å²) in [6, 6.07) is 0. The van der Waals surface area contributed by atoms with Gasteiger partial charge >= 0.3 is 0 Å². The van der Waals surface area contributed by atoms with Gasteiger partial charge in [-0.15, -0.1) is 0 Å². The summed E-state index contributed by atoms with van der Waals surface area (Å²) in [5, 5.41) is 3.47. The quantitative estimate of drug-likeness (QED) is 0.634. The molecule has 0 aromatic rings. The van der Waals surface area contributed by atoms with Crippen molar-refractivity contribution in [1.82, 2.24) is 5.32 Å². The van der Waals surface area contributed by atoms with Crippen molar-refractivity contribution in [1.29, 1.82) is 0 Å². The highest BCUT2D eigenvalue weighted by Gasteiger charge is 2.57. The Morgan fingerprint density at radius 1 is 0.929 bits per heavy atom. The van der Waals surface area contributed by atoms with Crippen molar-refractivity contribution in [3.05, 3.63) is 0 Å². The Kier molecular flexibility index (Phi) is 2.08. The van der Waals surface area contributed by atoms with Crippen LogP contribution in [0.3, 0.4) is 0 Å². The predicted octanol–water partition coefficient (Wildman–Crippen LogP) is 1.28. The number of nitrogens with one attached hydrogen (secondary N) is 1. The molecule has 1 saturated carbocycles. The van der Waals surface area contributed by atoms with Gasteiger partial charge in [-0.05, 0) is 25.8 Å². The van der Waals surface area contributed by atoms with Crippen LogP contribution < -0.4 is 5.32 Å². The lowest BCUT2D eigenvalue weighted by atomic mass is 9.68. The first kappa shape index (κ1) is 9.13. The highest BCUT2D eigenvalue weighted by atomic mass is 16.7. The molecule has 2 heterocycles. The summed E-state index contributed by atoms with van der Waals surface area (Å²) in [4.78, 5) is 0. The number of fused-ring (bicyclic) bond motifs is 1. The molecule has 0 aromatic heterocycles. The topological polar surface area (TPSA) is 30.5 Å². The van der Waals surface area contributed by atoms with Gasteiger partial charge in [-0.2, -0.15) is 0 Å². The van der Waals surface area contributed by atoms with Crippen LogP contribution in [-0.2, 0) is 9.47 Å². The minimum absolute atomic E-state index is 0.214. The predicted molar refractivity (Wildman–Crippen MR) is 53.0 cm³/mol. The molecular formula is C11H19NO2. The van der Waals surface area contributed by atoms with Crippen molar-refractivity contribution < 1.29 is 9.47 Å². The monoisotopic (exact) mass is 197 g/mol. The fourth-order valence-electron chi connectivity index (χ4n) is 3.46. The summed E-state index contributed by atoms with van der Waals surface area (Å²) in [5.41, 5.74) is 0.293. The van der Waals surface area contributed by atoms with Crippen molar-refractivity contribution in [3.8, 4) is 0 Å². The highest BCUT2D eigenvalue weighted by molar-refractivity contribution is 5.03. The van der Waals surface area contributed by atoms with Gasteiger partial charge in [0.2, 0.25) is 0 Å². The molecule has 0 radical (unpaired) electrons. The first-order chi connectivity index (χ1) is 6.87. The van der Waals surface area contributed by atoms with Crippen LogP contribution in [0.25, 0.3) is 0 Å². The Morgan fingerprint density at radius 2 is 1.71 bits per heavy atom. The number of ether oxygens (including phenoxy) is 2. The van der Waals surface area contributed by atoms with Crippen LogP contribution in [0, 0.1) is 5.41 Å². The van der Waals surface area contributed by atoms with Crippen LogP contribution in [0.5, 0.6) is 0 Å². The molecule has 1 N–H and O–H groups in total. The van der Waals surface area contributed by atoms with Gasteiger partial charge in [0.15, 0.2) is 5.79 Å². The molecule has 1 atom stereocenters. The van der Waals surface area contributed by atoms with E-state index >= 15 is 0 Å². The molecule has 14 heavy (non-hydrogen) atoms. The number of hydrogen-bond donors (Lipinski definition) is 1. The van der Waals surface area contributed by atoms with E-state index in [9.17, 15) is 0 Å².